The Bertz CT molecular complexity index is 1050. The number of para-hydroxylation sites is 1. The van der Waals surface area contributed by atoms with Crippen LogP contribution in [0.1, 0.15) is 23.8 Å². The van der Waals surface area contributed by atoms with Gasteiger partial charge in [-0.2, -0.15) is 4.31 Å². The minimum absolute atomic E-state index is 0.146. The summed E-state index contributed by atoms with van der Waals surface area (Å²) in [5, 5.41) is 1.09. The van der Waals surface area contributed by atoms with E-state index >= 15 is 0 Å². The lowest BCUT2D eigenvalue weighted by Gasteiger charge is -2.30. The van der Waals surface area contributed by atoms with Crippen molar-refractivity contribution in [3.63, 3.8) is 0 Å². The fraction of sp³-hybridized carbons (Fsp3) is 0.350. The molecule has 8 heteroatoms. The van der Waals surface area contributed by atoms with Gasteiger partial charge in [-0.3, -0.25) is 0 Å². The molecule has 0 N–H and O–H groups in total. The Labute approximate surface area is 168 Å². The number of benzene rings is 2. The first kappa shape index (κ1) is 19.2. The predicted octanol–water partition coefficient (Wildman–Crippen LogP) is 3.88. The standard InChI is InChI=1S/C20H22N2O4S2/c1-25-15-7-8-17(26-2)19(13-15)28(23,24)22-11-9-14(10-12-22)20-21-16-5-3-4-6-18(16)27-20/h3-8,13-14H,9-12H2,1-2H3. The smallest absolute Gasteiger partial charge is 0.246 e. The van der Waals surface area contributed by atoms with Gasteiger partial charge in [-0.05, 0) is 37.1 Å². The van der Waals surface area contributed by atoms with Gasteiger partial charge >= 0.3 is 0 Å². The molecule has 6 nitrogen and oxygen atoms in total. The van der Waals surface area contributed by atoms with Crippen LogP contribution in [0.25, 0.3) is 10.2 Å². The maximum Gasteiger partial charge on any atom is 0.246 e. The molecule has 0 bridgehead atoms. The van der Waals surface area contributed by atoms with Gasteiger partial charge in [0, 0.05) is 25.1 Å². The number of ether oxygens (including phenoxy) is 2. The van der Waals surface area contributed by atoms with Crippen molar-refractivity contribution in [2.24, 2.45) is 0 Å². The Kier molecular flexibility index (Phi) is 5.27. The maximum absolute atomic E-state index is 13.2. The van der Waals surface area contributed by atoms with Crippen LogP contribution in [0.3, 0.4) is 0 Å². The number of sulfonamides is 1. The number of hydrogen-bond acceptors (Lipinski definition) is 6. The summed E-state index contributed by atoms with van der Waals surface area (Å²) in [4.78, 5) is 4.89. The number of methoxy groups -OCH3 is 2. The minimum atomic E-state index is -3.66. The van der Waals surface area contributed by atoms with Crippen LogP contribution in [0.5, 0.6) is 11.5 Å². The van der Waals surface area contributed by atoms with Gasteiger partial charge in [0.15, 0.2) is 0 Å². The number of aromatic nitrogens is 1. The van der Waals surface area contributed by atoms with Crippen LogP contribution in [0.2, 0.25) is 0 Å². The fourth-order valence-corrected chi connectivity index (χ4v) is 6.31. The van der Waals surface area contributed by atoms with E-state index in [4.69, 9.17) is 14.5 Å². The molecule has 1 aliphatic rings. The molecule has 28 heavy (non-hydrogen) atoms. The SMILES string of the molecule is COc1ccc(OC)c(S(=O)(=O)N2CCC(c3nc4ccccc4s3)CC2)c1. The normalized spacial score (nSPS) is 16.4. The van der Waals surface area contributed by atoms with E-state index in [9.17, 15) is 8.42 Å². The van der Waals surface area contributed by atoms with E-state index in [0.717, 1.165) is 23.4 Å². The molecule has 0 aliphatic carbocycles. The number of nitrogens with zero attached hydrogens (tertiary/aromatic N) is 2. The van der Waals surface area contributed by atoms with Gasteiger partial charge < -0.3 is 9.47 Å². The monoisotopic (exact) mass is 418 g/mol. The number of rotatable bonds is 5. The highest BCUT2D eigenvalue weighted by Gasteiger charge is 2.33. The van der Waals surface area contributed by atoms with E-state index in [1.807, 2.05) is 18.2 Å². The Morgan fingerprint density at radius 2 is 1.82 bits per heavy atom. The Balaban J connectivity index is 1.54. The molecule has 4 rings (SSSR count). The van der Waals surface area contributed by atoms with E-state index in [2.05, 4.69) is 6.07 Å². The molecule has 2 heterocycles. The van der Waals surface area contributed by atoms with Crippen LogP contribution < -0.4 is 9.47 Å². The summed E-state index contributed by atoms with van der Waals surface area (Å²) in [5.41, 5.74) is 1.01. The third kappa shape index (κ3) is 3.47. The average Bonchev–Trinajstić information content (AvgIpc) is 3.17. The molecule has 2 aromatic carbocycles. The molecule has 1 saturated heterocycles. The van der Waals surface area contributed by atoms with E-state index in [0.29, 0.717) is 24.6 Å². The summed E-state index contributed by atoms with van der Waals surface area (Å²) in [6.07, 6.45) is 1.51. The van der Waals surface area contributed by atoms with Gasteiger partial charge in [-0.1, -0.05) is 12.1 Å². The third-order valence-electron chi connectivity index (χ3n) is 5.10. The summed E-state index contributed by atoms with van der Waals surface area (Å²) in [5.74, 6) is 1.11. The zero-order valence-electron chi connectivity index (χ0n) is 15.8. The van der Waals surface area contributed by atoms with Crippen molar-refractivity contribution in [1.29, 1.82) is 0 Å². The first-order valence-corrected chi connectivity index (χ1v) is 11.4. The molecule has 1 aliphatic heterocycles. The molecule has 0 unspecified atom stereocenters. The van der Waals surface area contributed by atoms with Crippen LogP contribution in [0.15, 0.2) is 47.4 Å². The summed E-state index contributed by atoms with van der Waals surface area (Å²) in [7, 11) is -0.668. The van der Waals surface area contributed by atoms with Gasteiger partial charge in [-0.15, -0.1) is 11.3 Å². The van der Waals surface area contributed by atoms with Crippen molar-refractivity contribution >= 4 is 31.6 Å². The minimum Gasteiger partial charge on any atom is -0.497 e. The second-order valence-corrected chi connectivity index (χ2v) is 9.68. The quantitative estimate of drug-likeness (QED) is 0.629. The summed E-state index contributed by atoms with van der Waals surface area (Å²) >= 11 is 1.70. The van der Waals surface area contributed by atoms with Crippen molar-refractivity contribution in [2.75, 3.05) is 27.3 Å². The summed E-state index contributed by atoms with van der Waals surface area (Å²) in [6, 6.07) is 12.9. The summed E-state index contributed by atoms with van der Waals surface area (Å²) < 4.78 is 39.6. The Morgan fingerprint density at radius 3 is 2.50 bits per heavy atom. The molecule has 0 atom stereocenters. The molecular weight excluding hydrogens is 396 g/mol. The largest absolute Gasteiger partial charge is 0.497 e. The molecule has 0 saturated carbocycles. The lowest BCUT2D eigenvalue weighted by molar-refractivity contribution is 0.316. The highest BCUT2D eigenvalue weighted by molar-refractivity contribution is 7.89. The van der Waals surface area contributed by atoms with E-state index in [1.165, 1.54) is 29.3 Å². The predicted molar refractivity (Wildman–Crippen MR) is 110 cm³/mol. The zero-order valence-corrected chi connectivity index (χ0v) is 17.4. The van der Waals surface area contributed by atoms with Gasteiger partial charge in [0.25, 0.3) is 0 Å². The topological polar surface area (TPSA) is 68.7 Å². The maximum atomic E-state index is 13.2. The number of hydrogen-bond donors (Lipinski definition) is 0. The van der Waals surface area contributed by atoms with Crippen LogP contribution in [0, 0.1) is 0 Å². The molecular formula is C20H22N2O4S2. The van der Waals surface area contributed by atoms with Gasteiger partial charge in [-0.25, -0.2) is 13.4 Å². The van der Waals surface area contributed by atoms with Crippen molar-refractivity contribution in [3.05, 3.63) is 47.5 Å². The van der Waals surface area contributed by atoms with Gasteiger partial charge in [0.1, 0.15) is 16.4 Å². The number of piperidine rings is 1. The molecule has 148 valence electrons. The van der Waals surface area contributed by atoms with Crippen molar-refractivity contribution in [2.45, 2.75) is 23.7 Å². The molecule has 0 radical (unpaired) electrons. The molecule has 0 amide bonds. The van der Waals surface area contributed by atoms with Crippen LogP contribution >= 0.6 is 11.3 Å². The van der Waals surface area contributed by atoms with Crippen molar-refractivity contribution < 1.29 is 17.9 Å². The van der Waals surface area contributed by atoms with E-state index < -0.39 is 10.0 Å². The Hall–Kier alpha value is -2.16. The van der Waals surface area contributed by atoms with Crippen LogP contribution in [-0.4, -0.2) is 45.0 Å². The molecule has 3 aromatic rings. The van der Waals surface area contributed by atoms with Gasteiger partial charge in [0.2, 0.25) is 10.0 Å². The average molecular weight is 419 g/mol. The molecule has 0 spiro atoms. The number of fused-ring (bicyclic) bond motifs is 1. The fourth-order valence-electron chi connectivity index (χ4n) is 3.53. The molecule has 1 aromatic heterocycles. The van der Waals surface area contributed by atoms with Crippen molar-refractivity contribution in [3.8, 4) is 11.5 Å². The molecule has 1 fully saturated rings. The second-order valence-electron chi connectivity index (χ2n) is 6.71. The third-order valence-corrected chi connectivity index (χ3v) is 8.22. The lowest BCUT2D eigenvalue weighted by atomic mass is 9.99. The summed E-state index contributed by atoms with van der Waals surface area (Å²) in [6.45, 7) is 0.923. The van der Waals surface area contributed by atoms with E-state index in [1.54, 1.807) is 23.5 Å². The zero-order chi connectivity index (χ0) is 19.7. The highest BCUT2D eigenvalue weighted by Crippen LogP contribution is 2.37. The van der Waals surface area contributed by atoms with E-state index in [-0.39, 0.29) is 10.8 Å². The highest BCUT2D eigenvalue weighted by atomic mass is 32.2. The van der Waals surface area contributed by atoms with Crippen LogP contribution in [-0.2, 0) is 10.0 Å². The first-order valence-electron chi connectivity index (χ1n) is 9.10. The number of thiazole rings is 1. The van der Waals surface area contributed by atoms with Gasteiger partial charge in [0.05, 0.1) is 29.4 Å². The van der Waals surface area contributed by atoms with Crippen LogP contribution in [0.4, 0.5) is 0 Å². The first-order chi connectivity index (χ1) is 13.5. The Morgan fingerprint density at radius 1 is 1.07 bits per heavy atom. The van der Waals surface area contributed by atoms with Crippen molar-refractivity contribution in [1.82, 2.24) is 9.29 Å². The lowest BCUT2D eigenvalue weighted by Crippen LogP contribution is -2.38. The second kappa shape index (κ2) is 7.69.